The average Bonchev–Trinajstić information content (AvgIpc) is 3.13. The Morgan fingerprint density at radius 3 is 2.79 bits per heavy atom. The highest BCUT2D eigenvalue weighted by Crippen LogP contribution is 2.31. The van der Waals surface area contributed by atoms with Gasteiger partial charge in [0.05, 0.1) is 6.54 Å². The van der Waals surface area contributed by atoms with Gasteiger partial charge in [-0.1, -0.05) is 31.8 Å². The number of rotatable bonds is 5. The zero-order valence-electron chi connectivity index (χ0n) is 11.9. The average molecular weight is 264 g/mol. The van der Waals surface area contributed by atoms with Crippen LogP contribution in [-0.2, 0) is 6.54 Å². The van der Waals surface area contributed by atoms with Gasteiger partial charge < -0.3 is 15.1 Å². The summed E-state index contributed by atoms with van der Waals surface area (Å²) >= 11 is 0. The zero-order chi connectivity index (χ0) is 13.2. The highest BCUT2D eigenvalue weighted by molar-refractivity contribution is 5.20. The van der Waals surface area contributed by atoms with Crippen molar-refractivity contribution in [3.05, 3.63) is 5.89 Å². The smallest absolute Gasteiger partial charge is 0.315 e. The Morgan fingerprint density at radius 1 is 1.16 bits per heavy atom. The van der Waals surface area contributed by atoms with Crippen molar-refractivity contribution in [1.82, 2.24) is 15.5 Å². The third-order valence-corrected chi connectivity index (χ3v) is 4.60. The van der Waals surface area contributed by atoms with E-state index in [0.717, 1.165) is 5.92 Å². The van der Waals surface area contributed by atoms with Crippen molar-refractivity contribution in [2.75, 3.05) is 5.32 Å². The molecule has 0 aliphatic heterocycles. The van der Waals surface area contributed by atoms with E-state index >= 15 is 0 Å². The van der Waals surface area contributed by atoms with Gasteiger partial charge in [-0.25, -0.2) is 0 Å². The first-order valence-electron chi connectivity index (χ1n) is 7.54. The summed E-state index contributed by atoms with van der Waals surface area (Å²) in [5.74, 6) is 2.12. The topological polar surface area (TPSA) is 63.0 Å². The lowest BCUT2D eigenvalue weighted by Gasteiger charge is -2.33. The van der Waals surface area contributed by atoms with Gasteiger partial charge >= 0.3 is 6.01 Å². The molecule has 0 bridgehead atoms. The molecule has 2 fully saturated rings. The quantitative estimate of drug-likeness (QED) is 0.855. The summed E-state index contributed by atoms with van der Waals surface area (Å²) in [7, 11) is 0. The first-order valence-corrected chi connectivity index (χ1v) is 7.54. The normalized spacial score (nSPS) is 31.4. The fourth-order valence-electron chi connectivity index (χ4n) is 2.85. The zero-order valence-corrected chi connectivity index (χ0v) is 11.9. The molecule has 19 heavy (non-hydrogen) atoms. The number of anilines is 1. The van der Waals surface area contributed by atoms with E-state index in [1.54, 1.807) is 0 Å². The van der Waals surface area contributed by atoms with Crippen LogP contribution >= 0.6 is 0 Å². The van der Waals surface area contributed by atoms with E-state index in [2.05, 4.69) is 34.7 Å². The van der Waals surface area contributed by atoms with Gasteiger partial charge in [-0.15, -0.1) is 5.10 Å². The molecule has 1 aromatic heterocycles. The van der Waals surface area contributed by atoms with E-state index in [-0.39, 0.29) is 0 Å². The van der Waals surface area contributed by atoms with Crippen molar-refractivity contribution in [2.45, 2.75) is 64.6 Å². The molecule has 0 amide bonds. The first kappa shape index (κ1) is 12.9. The Morgan fingerprint density at radius 2 is 2.00 bits per heavy atom. The number of nitrogens with one attached hydrogen (secondary N) is 2. The largest absolute Gasteiger partial charge is 0.407 e. The first-order chi connectivity index (χ1) is 9.22. The van der Waals surface area contributed by atoms with E-state index < -0.39 is 0 Å². The monoisotopic (exact) mass is 264 g/mol. The lowest BCUT2D eigenvalue weighted by atomic mass is 9.78. The molecule has 2 aliphatic rings. The highest BCUT2D eigenvalue weighted by atomic mass is 16.4. The number of hydrogen-bond acceptors (Lipinski definition) is 5. The third-order valence-electron chi connectivity index (χ3n) is 4.60. The second kappa shape index (κ2) is 5.49. The van der Waals surface area contributed by atoms with Crippen LogP contribution < -0.4 is 10.6 Å². The van der Waals surface area contributed by atoms with Crippen LogP contribution in [0.25, 0.3) is 0 Å². The second-order valence-electron chi connectivity index (χ2n) is 6.17. The molecule has 106 valence electrons. The molecule has 0 spiro atoms. The standard InChI is InChI=1S/C14H24N4O/c1-9-4-3-5-12(10(9)2)16-14-18-17-13(19-14)8-15-11-6-7-11/h9-12,15H,3-8H2,1-2H3,(H,16,18). The van der Waals surface area contributed by atoms with Crippen LogP contribution in [0.1, 0.15) is 51.8 Å². The maximum absolute atomic E-state index is 5.65. The number of aromatic nitrogens is 2. The molecule has 3 atom stereocenters. The highest BCUT2D eigenvalue weighted by Gasteiger charge is 2.28. The van der Waals surface area contributed by atoms with Crippen LogP contribution in [0.2, 0.25) is 0 Å². The van der Waals surface area contributed by atoms with Crippen LogP contribution in [-0.4, -0.2) is 22.3 Å². The van der Waals surface area contributed by atoms with Crippen LogP contribution in [0.3, 0.4) is 0 Å². The number of nitrogens with zero attached hydrogens (tertiary/aromatic N) is 2. The molecule has 1 heterocycles. The SMILES string of the molecule is CC1CCCC(Nc2nnc(CNC3CC3)o2)C1C. The van der Waals surface area contributed by atoms with Crippen molar-refractivity contribution in [3.63, 3.8) is 0 Å². The molecule has 3 unspecified atom stereocenters. The van der Waals surface area contributed by atoms with E-state index in [4.69, 9.17) is 4.42 Å². The Labute approximate surface area is 114 Å². The lowest BCUT2D eigenvalue weighted by Crippen LogP contribution is -2.35. The van der Waals surface area contributed by atoms with Crippen molar-refractivity contribution in [3.8, 4) is 0 Å². The van der Waals surface area contributed by atoms with Gasteiger partial charge in [-0.05, 0) is 31.1 Å². The molecule has 0 saturated heterocycles. The number of hydrogen-bond donors (Lipinski definition) is 2. The third kappa shape index (κ3) is 3.26. The fraction of sp³-hybridized carbons (Fsp3) is 0.857. The van der Waals surface area contributed by atoms with E-state index in [9.17, 15) is 0 Å². The molecule has 1 aromatic rings. The molecule has 5 nitrogen and oxygen atoms in total. The maximum Gasteiger partial charge on any atom is 0.315 e. The molecule has 2 saturated carbocycles. The molecule has 3 rings (SSSR count). The molecular weight excluding hydrogens is 240 g/mol. The fourth-order valence-corrected chi connectivity index (χ4v) is 2.85. The summed E-state index contributed by atoms with van der Waals surface area (Å²) < 4.78 is 5.65. The van der Waals surface area contributed by atoms with Gasteiger partial charge in [0.2, 0.25) is 5.89 Å². The Bertz CT molecular complexity index is 415. The second-order valence-corrected chi connectivity index (χ2v) is 6.17. The molecule has 2 aliphatic carbocycles. The van der Waals surface area contributed by atoms with Crippen LogP contribution in [0.4, 0.5) is 6.01 Å². The van der Waals surface area contributed by atoms with Crippen LogP contribution in [0, 0.1) is 11.8 Å². The predicted molar refractivity (Wildman–Crippen MR) is 73.7 cm³/mol. The van der Waals surface area contributed by atoms with Crippen LogP contribution in [0.5, 0.6) is 0 Å². The molecule has 0 aromatic carbocycles. The van der Waals surface area contributed by atoms with Crippen molar-refractivity contribution >= 4 is 6.01 Å². The maximum atomic E-state index is 5.65. The van der Waals surface area contributed by atoms with Crippen molar-refractivity contribution in [2.24, 2.45) is 11.8 Å². The van der Waals surface area contributed by atoms with Gasteiger partial charge in [0.1, 0.15) is 0 Å². The summed E-state index contributed by atoms with van der Waals surface area (Å²) in [5.41, 5.74) is 0. The van der Waals surface area contributed by atoms with E-state index in [1.807, 2.05) is 0 Å². The van der Waals surface area contributed by atoms with Crippen LogP contribution in [0.15, 0.2) is 4.42 Å². The summed E-state index contributed by atoms with van der Waals surface area (Å²) in [6.07, 6.45) is 6.37. The molecule has 0 radical (unpaired) electrons. The van der Waals surface area contributed by atoms with E-state index in [1.165, 1.54) is 32.1 Å². The minimum atomic E-state index is 0.466. The van der Waals surface area contributed by atoms with Gasteiger partial charge in [-0.3, -0.25) is 0 Å². The summed E-state index contributed by atoms with van der Waals surface area (Å²) in [4.78, 5) is 0. The van der Waals surface area contributed by atoms with Gasteiger partial charge in [0.15, 0.2) is 0 Å². The minimum absolute atomic E-state index is 0.466. The summed E-state index contributed by atoms with van der Waals surface area (Å²) in [6.45, 7) is 5.33. The molecular formula is C14H24N4O. The summed E-state index contributed by atoms with van der Waals surface area (Å²) in [5, 5.41) is 15.0. The minimum Gasteiger partial charge on any atom is -0.407 e. The van der Waals surface area contributed by atoms with Crippen molar-refractivity contribution < 1.29 is 4.42 Å². The van der Waals surface area contributed by atoms with Crippen molar-refractivity contribution in [1.29, 1.82) is 0 Å². The summed E-state index contributed by atoms with van der Waals surface area (Å²) in [6, 6.07) is 1.72. The molecule has 5 heteroatoms. The Hall–Kier alpha value is -1.10. The predicted octanol–water partition coefficient (Wildman–Crippen LogP) is 2.56. The lowest BCUT2D eigenvalue weighted by molar-refractivity contribution is 0.250. The Kier molecular flexibility index (Phi) is 3.73. The van der Waals surface area contributed by atoms with Gasteiger partial charge in [-0.2, -0.15) is 0 Å². The Balaban J connectivity index is 1.53. The van der Waals surface area contributed by atoms with E-state index in [0.29, 0.717) is 36.5 Å². The van der Waals surface area contributed by atoms with Gasteiger partial charge in [0.25, 0.3) is 0 Å². The molecule has 2 N–H and O–H groups in total. The van der Waals surface area contributed by atoms with Gasteiger partial charge in [0, 0.05) is 12.1 Å².